The number of nitrogens with zero attached hydrogens (tertiary/aromatic N) is 1. The van der Waals surface area contributed by atoms with E-state index in [-0.39, 0.29) is 5.41 Å². The van der Waals surface area contributed by atoms with E-state index < -0.39 is 0 Å². The second kappa shape index (κ2) is 6.78. The van der Waals surface area contributed by atoms with E-state index in [1.807, 2.05) is 0 Å². The Balaban J connectivity index is 4.59. The van der Waals surface area contributed by atoms with Gasteiger partial charge in [0.25, 0.3) is 0 Å². The molecule has 0 aliphatic carbocycles. The van der Waals surface area contributed by atoms with Gasteiger partial charge in [-0.1, -0.05) is 47.6 Å². The van der Waals surface area contributed by atoms with E-state index in [2.05, 4.69) is 59.2 Å². The zero-order valence-electron chi connectivity index (χ0n) is 12.1. The van der Waals surface area contributed by atoms with E-state index in [0.29, 0.717) is 0 Å². The molecular weight excluding hydrogens is 194 g/mol. The van der Waals surface area contributed by atoms with Gasteiger partial charge in [0.1, 0.15) is 0 Å². The monoisotopic (exact) mass is 223 g/mol. The van der Waals surface area contributed by atoms with Gasteiger partial charge in [0.05, 0.1) is 0 Å². The summed E-state index contributed by atoms with van der Waals surface area (Å²) < 4.78 is 0. The maximum atomic E-state index is 4.17. The molecule has 0 aromatic carbocycles. The van der Waals surface area contributed by atoms with Gasteiger partial charge >= 0.3 is 0 Å². The van der Waals surface area contributed by atoms with Crippen molar-refractivity contribution >= 4 is 0 Å². The molecule has 0 saturated carbocycles. The summed E-state index contributed by atoms with van der Waals surface area (Å²) >= 11 is 0. The number of allylic oxidation sites excluding steroid dienone is 3. The van der Waals surface area contributed by atoms with E-state index in [9.17, 15) is 0 Å². The molecule has 16 heavy (non-hydrogen) atoms. The fraction of sp³-hybridized carbons (Fsp3) is 0.733. The molecule has 0 aliphatic rings. The van der Waals surface area contributed by atoms with Crippen molar-refractivity contribution in [2.45, 2.75) is 53.9 Å². The predicted molar refractivity (Wildman–Crippen MR) is 74.5 cm³/mol. The predicted octanol–water partition coefficient (Wildman–Crippen LogP) is 4.61. The van der Waals surface area contributed by atoms with Crippen molar-refractivity contribution in [2.75, 3.05) is 13.6 Å². The van der Waals surface area contributed by atoms with Crippen LogP contribution in [0, 0.1) is 5.41 Å². The number of hydrogen-bond acceptors (Lipinski definition) is 1. The smallest absolute Gasteiger partial charge is 0.0171 e. The Hall–Kier alpha value is -0.720. The summed E-state index contributed by atoms with van der Waals surface area (Å²) in [7, 11) is 2.18. The first kappa shape index (κ1) is 15.3. The molecule has 0 amide bonds. The lowest BCUT2D eigenvalue weighted by Crippen LogP contribution is -2.19. The highest BCUT2D eigenvalue weighted by Gasteiger charge is 2.14. The van der Waals surface area contributed by atoms with Gasteiger partial charge in [-0.3, -0.25) is 0 Å². The molecule has 0 saturated heterocycles. The topological polar surface area (TPSA) is 3.24 Å². The minimum Gasteiger partial charge on any atom is -0.378 e. The number of unbranched alkanes of at least 4 members (excludes halogenated alkanes) is 1. The molecule has 0 aromatic heterocycles. The Morgan fingerprint density at radius 1 is 1.25 bits per heavy atom. The summed E-state index contributed by atoms with van der Waals surface area (Å²) in [5.74, 6) is 0. The highest BCUT2D eigenvalue weighted by atomic mass is 15.1. The minimum absolute atomic E-state index is 0.173. The lowest BCUT2D eigenvalue weighted by molar-refractivity contribution is 0.392. The molecule has 0 bridgehead atoms. The Morgan fingerprint density at radius 2 is 1.81 bits per heavy atom. The summed E-state index contributed by atoms with van der Waals surface area (Å²) in [6.45, 7) is 16.4. The summed E-state index contributed by atoms with van der Waals surface area (Å²) in [6.07, 6.45) is 5.85. The van der Waals surface area contributed by atoms with Gasteiger partial charge in [0, 0.05) is 19.3 Å². The summed E-state index contributed by atoms with van der Waals surface area (Å²) in [4.78, 5) is 2.36. The second-order valence-corrected chi connectivity index (χ2v) is 5.54. The standard InChI is InChI=1S/C15H29N/c1-8-10-11-16(7)14(9-2)12-13(3)15(4,5)6/h12H,3,8-11H2,1-2,4-7H3/b14-12-. The maximum Gasteiger partial charge on any atom is 0.0171 e. The number of hydrogen-bond donors (Lipinski definition) is 0. The third kappa shape index (κ3) is 5.39. The fourth-order valence-electron chi connectivity index (χ4n) is 1.44. The average Bonchev–Trinajstić information content (AvgIpc) is 2.20. The fourth-order valence-corrected chi connectivity index (χ4v) is 1.44. The van der Waals surface area contributed by atoms with Crippen LogP contribution < -0.4 is 0 Å². The van der Waals surface area contributed by atoms with Gasteiger partial charge in [-0.15, -0.1) is 0 Å². The van der Waals surface area contributed by atoms with E-state index in [1.165, 1.54) is 24.1 Å². The molecule has 1 heteroatoms. The van der Waals surface area contributed by atoms with Gasteiger partial charge in [-0.25, -0.2) is 0 Å². The number of rotatable bonds is 6. The Kier molecular flexibility index (Phi) is 6.47. The first-order valence-corrected chi connectivity index (χ1v) is 6.44. The first-order valence-electron chi connectivity index (χ1n) is 6.44. The van der Waals surface area contributed by atoms with Crippen LogP contribution in [0.3, 0.4) is 0 Å². The maximum absolute atomic E-state index is 4.17. The summed E-state index contributed by atoms with van der Waals surface area (Å²) in [5, 5.41) is 0. The normalized spacial score (nSPS) is 12.8. The van der Waals surface area contributed by atoms with E-state index in [1.54, 1.807) is 0 Å². The van der Waals surface area contributed by atoms with Crippen LogP contribution in [0.15, 0.2) is 23.9 Å². The summed E-state index contributed by atoms with van der Waals surface area (Å²) in [6, 6.07) is 0. The Morgan fingerprint density at radius 3 is 2.19 bits per heavy atom. The molecule has 0 N–H and O–H groups in total. The van der Waals surface area contributed by atoms with E-state index >= 15 is 0 Å². The van der Waals surface area contributed by atoms with Crippen molar-refractivity contribution in [3.8, 4) is 0 Å². The molecule has 0 aliphatic heterocycles. The highest BCUT2D eigenvalue weighted by molar-refractivity contribution is 5.24. The van der Waals surface area contributed by atoms with Gasteiger partial charge in [-0.2, -0.15) is 0 Å². The van der Waals surface area contributed by atoms with Crippen LogP contribution >= 0.6 is 0 Å². The van der Waals surface area contributed by atoms with Crippen LogP contribution in [0.2, 0.25) is 0 Å². The lowest BCUT2D eigenvalue weighted by Gasteiger charge is -2.25. The molecule has 0 atom stereocenters. The molecule has 0 heterocycles. The molecular formula is C15H29N. The quantitative estimate of drug-likeness (QED) is 0.594. The van der Waals surface area contributed by atoms with Crippen molar-refractivity contribution in [1.82, 2.24) is 4.90 Å². The zero-order valence-corrected chi connectivity index (χ0v) is 12.1. The van der Waals surface area contributed by atoms with Crippen molar-refractivity contribution in [1.29, 1.82) is 0 Å². The molecule has 1 nitrogen and oxygen atoms in total. The Bertz CT molecular complexity index is 243. The van der Waals surface area contributed by atoms with Crippen LogP contribution in [0.5, 0.6) is 0 Å². The van der Waals surface area contributed by atoms with E-state index in [4.69, 9.17) is 0 Å². The van der Waals surface area contributed by atoms with Crippen molar-refractivity contribution < 1.29 is 0 Å². The third-order valence-corrected chi connectivity index (χ3v) is 3.00. The van der Waals surface area contributed by atoms with Crippen LogP contribution in [0.1, 0.15) is 53.9 Å². The van der Waals surface area contributed by atoms with Gasteiger partial charge in [0.2, 0.25) is 0 Å². The van der Waals surface area contributed by atoms with Crippen LogP contribution in [0.4, 0.5) is 0 Å². The van der Waals surface area contributed by atoms with Crippen molar-refractivity contribution in [3.63, 3.8) is 0 Å². The molecule has 0 fully saturated rings. The van der Waals surface area contributed by atoms with Gasteiger partial charge < -0.3 is 4.90 Å². The van der Waals surface area contributed by atoms with Gasteiger partial charge in [-0.05, 0) is 29.9 Å². The molecule has 0 radical (unpaired) electrons. The van der Waals surface area contributed by atoms with E-state index in [0.717, 1.165) is 13.0 Å². The second-order valence-electron chi connectivity index (χ2n) is 5.54. The van der Waals surface area contributed by atoms with Crippen LogP contribution in [0.25, 0.3) is 0 Å². The van der Waals surface area contributed by atoms with Crippen LogP contribution in [-0.4, -0.2) is 18.5 Å². The van der Waals surface area contributed by atoms with Crippen molar-refractivity contribution in [2.24, 2.45) is 5.41 Å². The summed E-state index contributed by atoms with van der Waals surface area (Å²) in [5.41, 5.74) is 2.78. The average molecular weight is 223 g/mol. The molecule has 0 spiro atoms. The first-order chi connectivity index (χ1) is 7.32. The van der Waals surface area contributed by atoms with Gasteiger partial charge in [0.15, 0.2) is 0 Å². The largest absolute Gasteiger partial charge is 0.378 e. The molecule has 0 unspecified atom stereocenters. The molecule has 0 aromatic rings. The van der Waals surface area contributed by atoms with Crippen molar-refractivity contribution in [3.05, 3.63) is 23.9 Å². The third-order valence-electron chi connectivity index (χ3n) is 3.00. The Labute approximate surface area is 102 Å². The van der Waals surface area contributed by atoms with Crippen LogP contribution in [-0.2, 0) is 0 Å². The lowest BCUT2D eigenvalue weighted by atomic mass is 9.87. The zero-order chi connectivity index (χ0) is 12.8. The highest BCUT2D eigenvalue weighted by Crippen LogP contribution is 2.26. The minimum atomic E-state index is 0.173. The molecule has 94 valence electrons. The SMILES string of the molecule is C=C(/C=C(/CC)N(C)CCCC)C(C)(C)C. The molecule has 0 rings (SSSR count).